The highest BCUT2D eigenvalue weighted by Crippen LogP contribution is 2.40. The zero-order valence-electron chi connectivity index (χ0n) is 12.7. The van der Waals surface area contributed by atoms with Gasteiger partial charge in [0.15, 0.2) is 6.10 Å². The molecule has 1 aromatic rings. The number of hydrogen-bond acceptors (Lipinski definition) is 13. The van der Waals surface area contributed by atoms with Gasteiger partial charge in [-0.2, -0.15) is 0 Å². The van der Waals surface area contributed by atoms with Crippen molar-refractivity contribution in [3.05, 3.63) is 62.7 Å². The number of hydrogen-bond donors (Lipinski definition) is 0. The summed E-state index contributed by atoms with van der Waals surface area (Å²) in [5.41, 5.74) is -3.33. The van der Waals surface area contributed by atoms with Gasteiger partial charge >= 0.3 is 11.4 Å². The second kappa shape index (κ2) is 8.64. The zero-order valence-corrected chi connectivity index (χ0v) is 12.7. The molecule has 0 amide bonds. The van der Waals surface area contributed by atoms with Crippen LogP contribution in [-0.2, 0) is 9.68 Å². The van der Waals surface area contributed by atoms with Crippen LogP contribution in [0.4, 0.5) is 17.1 Å². The van der Waals surface area contributed by atoms with Gasteiger partial charge in [-0.15, -0.1) is 20.2 Å². The maximum atomic E-state index is 11.0. The second-order valence-corrected chi connectivity index (χ2v) is 4.37. The fraction of sp³-hybridized carbons (Fsp3) is 0.333. The molecule has 0 aliphatic carbocycles. The Morgan fingerprint density at radius 2 is 1.30 bits per heavy atom. The summed E-state index contributed by atoms with van der Waals surface area (Å²) in [6, 6.07) is 0.748. The SMILES string of the molecule is O=[N+]([O-])OCC(COc1c([N+](=O)[O-])cc([N+](=O)[O-])cc1[N+](=O)[O-])O[N+](=O)[O-]. The van der Waals surface area contributed by atoms with E-state index in [4.69, 9.17) is 4.74 Å². The van der Waals surface area contributed by atoms with Crippen molar-refractivity contribution >= 4 is 17.1 Å². The molecule has 0 bridgehead atoms. The molecule has 1 aromatic carbocycles. The van der Waals surface area contributed by atoms with Crippen LogP contribution in [0.2, 0.25) is 0 Å². The highest BCUT2D eigenvalue weighted by Gasteiger charge is 2.33. The Kier molecular flexibility index (Phi) is 6.61. The van der Waals surface area contributed by atoms with Gasteiger partial charge in [-0.05, 0) is 0 Å². The van der Waals surface area contributed by atoms with E-state index in [0.29, 0.717) is 12.1 Å². The first kappa shape index (κ1) is 20.7. The van der Waals surface area contributed by atoms with Crippen LogP contribution >= 0.6 is 0 Å². The van der Waals surface area contributed by atoms with Crippen molar-refractivity contribution in [3.8, 4) is 5.75 Å². The van der Waals surface area contributed by atoms with E-state index in [1.54, 1.807) is 0 Å². The highest BCUT2D eigenvalue weighted by molar-refractivity contribution is 5.65. The Bertz CT molecular complexity index is 759. The molecule has 18 nitrogen and oxygen atoms in total. The van der Waals surface area contributed by atoms with Crippen molar-refractivity contribution in [3.63, 3.8) is 0 Å². The van der Waals surface area contributed by atoms with Gasteiger partial charge in [0.1, 0.15) is 13.2 Å². The fourth-order valence-corrected chi connectivity index (χ4v) is 1.66. The number of nitrogens with zero attached hydrogens (tertiary/aromatic N) is 5. The van der Waals surface area contributed by atoms with Crippen LogP contribution in [0.5, 0.6) is 5.75 Å². The minimum Gasteiger partial charge on any atom is -0.480 e. The predicted octanol–water partition coefficient (Wildman–Crippen LogP) is 0.575. The first-order chi connectivity index (χ1) is 12.5. The minimum absolute atomic E-state index is 0.374. The van der Waals surface area contributed by atoms with Crippen molar-refractivity contribution in [1.29, 1.82) is 0 Å². The van der Waals surface area contributed by atoms with Crippen LogP contribution in [-0.4, -0.2) is 44.3 Å². The summed E-state index contributed by atoms with van der Waals surface area (Å²) in [4.78, 5) is 57.6. The molecule has 18 heteroatoms. The largest absolute Gasteiger partial charge is 0.480 e. The van der Waals surface area contributed by atoms with Gasteiger partial charge in [0.25, 0.3) is 21.6 Å². The third kappa shape index (κ3) is 5.88. The monoisotopic (exact) mass is 393 g/mol. The van der Waals surface area contributed by atoms with Gasteiger partial charge in [-0.1, -0.05) is 0 Å². The van der Waals surface area contributed by atoms with Crippen LogP contribution in [0.25, 0.3) is 0 Å². The maximum Gasteiger partial charge on any atom is 0.325 e. The van der Waals surface area contributed by atoms with E-state index in [1.165, 1.54) is 0 Å². The van der Waals surface area contributed by atoms with E-state index >= 15 is 0 Å². The van der Waals surface area contributed by atoms with E-state index in [9.17, 15) is 50.6 Å². The van der Waals surface area contributed by atoms with E-state index in [1.807, 2.05) is 0 Å². The van der Waals surface area contributed by atoms with Crippen LogP contribution in [0.1, 0.15) is 0 Å². The van der Waals surface area contributed by atoms with E-state index in [-0.39, 0.29) is 0 Å². The van der Waals surface area contributed by atoms with Crippen molar-refractivity contribution in [2.24, 2.45) is 0 Å². The van der Waals surface area contributed by atoms with Gasteiger partial charge in [-0.3, -0.25) is 30.3 Å². The maximum absolute atomic E-state index is 11.0. The van der Waals surface area contributed by atoms with Gasteiger partial charge < -0.3 is 14.4 Å². The van der Waals surface area contributed by atoms with Crippen LogP contribution in [0.3, 0.4) is 0 Å². The van der Waals surface area contributed by atoms with Gasteiger partial charge in [0.2, 0.25) is 0 Å². The normalized spacial score (nSPS) is 11.1. The molecule has 1 unspecified atom stereocenters. The lowest BCUT2D eigenvalue weighted by Crippen LogP contribution is -2.30. The van der Waals surface area contributed by atoms with Crippen LogP contribution < -0.4 is 4.74 Å². The molecule has 0 heterocycles. The molecule has 1 atom stereocenters. The summed E-state index contributed by atoms with van der Waals surface area (Å²) in [5.74, 6) is -1.06. The summed E-state index contributed by atoms with van der Waals surface area (Å²) in [6.45, 7) is -2.06. The number of benzene rings is 1. The minimum atomic E-state index is -1.79. The Balaban J connectivity index is 3.23. The molecular formula is C9H7N5O13. The molecular weight excluding hydrogens is 386 g/mol. The Morgan fingerprint density at radius 3 is 1.67 bits per heavy atom. The lowest BCUT2D eigenvalue weighted by molar-refractivity contribution is -0.790. The van der Waals surface area contributed by atoms with E-state index < -0.39 is 67.1 Å². The molecule has 0 spiro atoms. The number of rotatable bonds is 11. The molecule has 0 fully saturated rings. The third-order valence-corrected chi connectivity index (χ3v) is 2.65. The molecule has 0 aliphatic heterocycles. The third-order valence-electron chi connectivity index (χ3n) is 2.65. The summed E-state index contributed by atoms with van der Waals surface area (Å²) >= 11 is 0. The van der Waals surface area contributed by atoms with Crippen molar-refractivity contribution in [1.82, 2.24) is 0 Å². The molecule has 0 saturated carbocycles. The van der Waals surface area contributed by atoms with E-state index in [2.05, 4.69) is 9.68 Å². The lowest BCUT2D eigenvalue weighted by atomic mass is 10.2. The van der Waals surface area contributed by atoms with Crippen LogP contribution in [0, 0.1) is 50.6 Å². The van der Waals surface area contributed by atoms with Gasteiger partial charge in [0, 0.05) is 0 Å². The Morgan fingerprint density at radius 1 is 0.778 bits per heavy atom. The lowest BCUT2D eigenvalue weighted by Gasteiger charge is -2.14. The van der Waals surface area contributed by atoms with Crippen molar-refractivity contribution in [2.75, 3.05) is 13.2 Å². The topological polar surface area (TPSA) is 243 Å². The highest BCUT2D eigenvalue weighted by atomic mass is 17.0. The van der Waals surface area contributed by atoms with Crippen molar-refractivity contribution < 1.29 is 39.4 Å². The summed E-state index contributed by atoms with van der Waals surface area (Å²) < 4.78 is 4.78. The number of nitro benzene ring substituents is 3. The second-order valence-electron chi connectivity index (χ2n) is 4.37. The Labute approximate surface area is 145 Å². The quantitative estimate of drug-likeness (QED) is 0.369. The molecule has 0 aromatic heterocycles. The summed E-state index contributed by atoms with van der Waals surface area (Å²) in [5, 5.41) is 50.6. The molecule has 0 radical (unpaired) electrons. The molecule has 146 valence electrons. The molecule has 0 aliphatic rings. The van der Waals surface area contributed by atoms with Crippen LogP contribution in [0.15, 0.2) is 12.1 Å². The predicted molar refractivity (Wildman–Crippen MR) is 76.7 cm³/mol. The van der Waals surface area contributed by atoms with E-state index in [0.717, 1.165) is 0 Å². The first-order valence-corrected chi connectivity index (χ1v) is 6.35. The first-order valence-electron chi connectivity index (χ1n) is 6.35. The smallest absolute Gasteiger partial charge is 0.325 e. The van der Waals surface area contributed by atoms with Gasteiger partial charge in [-0.25, -0.2) is 0 Å². The number of non-ortho nitro benzene ring substituents is 1. The fourth-order valence-electron chi connectivity index (χ4n) is 1.66. The van der Waals surface area contributed by atoms with Gasteiger partial charge in [0.05, 0.1) is 26.9 Å². The van der Waals surface area contributed by atoms with Crippen molar-refractivity contribution in [2.45, 2.75) is 6.10 Å². The molecule has 1 rings (SSSR count). The standard InChI is InChI=1S/C9H7N5O13/c15-10(16)5-1-7(11(17)18)9(8(2-5)12(19)20)25-3-6(27-14(23)24)4-26-13(21)22/h1-2,6H,3-4H2. The summed E-state index contributed by atoms with van der Waals surface area (Å²) in [6.07, 6.45) is -1.79. The summed E-state index contributed by atoms with van der Waals surface area (Å²) in [7, 11) is 0. The molecule has 0 saturated heterocycles. The Hall–Kier alpha value is -4.38. The molecule has 0 N–H and O–H groups in total. The average molecular weight is 393 g/mol. The molecule has 27 heavy (non-hydrogen) atoms. The number of nitro groups is 3. The average Bonchev–Trinajstić information content (AvgIpc) is 2.55. The zero-order chi connectivity index (χ0) is 20.7. The number of ether oxygens (including phenoxy) is 1.